The number of aldehydes is 1. The molecule has 6 nitrogen and oxygen atoms in total. The topological polar surface area (TPSA) is 82.9 Å². The van der Waals surface area contributed by atoms with E-state index in [4.69, 9.17) is 21.6 Å². The maximum atomic E-state index is 12.8. The molecule has 0 bridgehead atoms. The van der Waals surface area contributed by atoms with Gasteiger partial charge in [0.1, 0.15) is 6.29 Å². The third kappa shape index (κ3) is 14.4. The zero-order valence-electron chi connectivity index (χ0n) is 39.0. The van der Waals surface area contributed by atoms with E-state index >= 15 is 0 Å². The number of carbonyl (C=O) groups is 2. The number of fused-ring (bicyclic) bond motifs is 4. The SMILES string of the molecule is CNCC(C)c1ccccc1.C\C=C/C=C\C=C\C1=N\C2=C\C/C(C=O)=C\C\C=C/2Sc2ccccc21.O=C(NCc1cccc(Cl)c1)c1ccc2c(c1)N=C(c1ccccc1)c1ccccc1S2. The second kappa shape index (κ2) is 26.1. The summed E-state index contributed by atoms with van der Waals surface area (Å²) in [6, 6.07) is 50.5. The molecule has 3 aliphatic rings. The standard InChI is InChI=1S/C27H19ClN2OS.C23H21NOS.C10H15N/c28-21-10-6-7-18(15-21)17-29-27(31)20-13-14-25-23(16-20)30-26(19-8-2-1-3-9-19)22-11-4-5-12-24(22)32-25;1-2-3-4-5-6-12-20-19-11-7-8-13-22(19)26-23-14-9-10-18(17-25)15-16-21(23)24-20;1-9(8-11-2)10-6-4-3-5-7-10/h1-16H,17H2,(H,29,31);2-8,10-14,16-17H,9,15H2,1H3;3-7,9,11H,8H2,1-2H3/b;3-2-,5-4-,12-6+,18-10+,21-16+,23-14+;. The molecule has 1 amide bonds. The summed E-state index contributed by atoms with van der Waals surface area (Å²) in [5.41, 5.74) is 10.6. The number of halogens is 1. The van der Waals surface area contributed by atoms with Crippen LogP contribution in [0.25, 0.3) is 0 Å². The average Bonchev–Trinajstić information content (AvgIpc) is 3.64. The van der Waals surface area contributed by atoms with Gasteiger partial charge in [-0.25, -0.2) is 9.98 Å². The molecule has 2 N–H and O–H groups in total. The lowest BCUT2D eigenvalue weighted by atomic mass is 10.0. The number of aliphatic imine (C=N–C) groups is 2. The number of nitrogens with one attached hydrogen (secondary N) is 2. The van der Waals surface area contributed by atoms with Crippen LogP contribution in [-0.4, -0.2) is 37.2 Å². The molecule has 1 unspecified atom stereocenters. The number of benzene rings is 6. The zero-order valence-corrected chi connectivity index (χ0v) is 41.4. The summed E-state index contributed by atoms with van der Waals surface area (Å²) in [5.74, 6) is 0.470. The Morgan fingerprint density at radius 1 is 0.725 bits per heavy atom. The summed E-state index contributed by atoms with van der Waals surface area (Å²) in [6.07, 6.45) is 20.5. The molecule has 0 aromatic heterocycles. The second-order valence-electron chi connectivity index (χ2n) is 16.1. The van der Waals surface area contributed by atoms with Gasteiger partial charge in [0, 0.05) is 60.0 Å². The van der Waals surface area contributed by atoms with Crippen molar-refractivity contribution in [1.82, 2.24) is 10.6 Å². The minimum absolute atomic E-state index is 0.143. The minimum Gasteiger partial charge on any atom is -0.348 e. The van der Waals surface area contributed by atoms with Crippen molar-refractivity contribution in [2.75, 3.05) is 13.6 Å². The van der Waals surface area contributed by atoms with Crippen molar-refractivity contribution in [1.29, 1.82) is 0 Å². The Bertz CT molecular complexity index is 2990. The van der Waals surface area contributed by atoms with Crippen molar-refractivity contribution in [3.63, 3.8) is 0 Å². The van der Waals surface area contributed by atoms with Crippen LogP contribution >= 0.6 is 35.1 Å². The van der Waals surface area contributed by atoms with Gasteiger partial charge in [0.15, 0.2) is 0 Å². The molecule has 1 atom stereocenters. The molecule has 0 saturated carbocycles. The summed E-state index contributed by atoms with van der Waals surface area (Å²) in [4.78, 5) is 38.5. The lowest BCUT2D eigenvalue weighted by molar-refractivity contribution is -0.105. The number of hydrogen-bond acceptors (Lipinski definition) is 7. The molecule has 6 aromatic carbocycles. The van der Waals surface area contributed by atoms with Crippen molar-refractivity contribution in [2.24, 2.45) is 9.98 Å². The zero-order chi connectivity index (χ0) is 48.2. The third-order valence-electron chi connectivity index (χ3n) is 11.1. The first kappa shape index (κ1) is 50.1. The number of thioether (sulfide) groups is 1. The van der Waals surface area contributed by atoms with Crippen LogP contribution in [0.15, 0.2) is 247 Å². The minimum atomic E-state index is -0.143. The summed E-state index contributed by atoms with van der Waals surface area (Å²) >= 11 is 9.46. The van der Waals surface area contributed by atoms with Gasteiger partial charge >= 0.3 is 0 Å². The first-order valence-corrected chi connectivity index (χ1v) is 25.0. The van der Waals surface area contributed by atoms with Gasteiger partial charge < -0.3 is 10.6 Å². The maximum Gasteiger partial charge on any atom is 0.251 e. The van der Waals surface area contributed by atoms with Crippen LogP contribution in [0.4, 0.5) is 5.69 Å². The van der Waals surface area contributed by atoms with Gasteiger partial charge in [-0.2, -0.15) is 0 Å². The van der Waals surface area contributed by atoms with E-state index in [2.05, 4.69) is 96.4 Å². The van der Waals surface area contributed by atoms with Gasteiger partial charge in [0.2, 0.25) is 0 Å². The lowest BCUT2D eigenvalue weighted by Crippen LogP contribution is -2.22. The molecule has 2 aliphatic heterocycles. The fourth-order valence-corrected chi connectivity index (χ4v) is 9.83. The van der Waals surface area contributed by atoms with E-state index in [-0.39, 0.29) is 5.91 Å². The van der Waals surface area contributed by atoms with Gasteiger partial charge in [0.05, 0.1) is 22.8 Å². The number of allylic oxidation sites excluding steroid dienone is 10. The highest BCUT2D eigenvalue weighted by molar-refractivity contribution is 8.03. The number of nitrogens with zero attached hydrogens (tertiary/aromatic N) is 2. The van der Waals surface area contributed by atoms with Crippen LogP contribution in [0.3, 0.4) is 0 Å². The molecule has 6 aromatic rings. The molecule has 9 heteroatoms. The molecule has 2 heterocycles. The summed E-state index contributed by atoms with van der Waals surface area (Å²) < 4.78 is 0. The van der Waals surface area contributed by atoms with Crippen LogP contribution < -0.4 is 10.6 Å². The van der Waals surface area contributed by atoms with Crippen LogP contribution in [-0.2, 0) is 11.3 Å². The maximum absolute atomic E-state index is 12.8. The largest absolute Gasteiger partial charge is 0.348 e. The van der Waals surface area contributed by atoms with Crippen LogP contribution in [0.2, 0.25) is 5.02 Å². The van der Waals surface area contributed by atoms with E-state index in [1.54, 1.807) is 23.5 Å². The molecule has 1 aliphatic carbocycles. The summed E-state index contributed by atoms with van der Waals surface area (Å²) in [6.45, 7) is 5.68. The van der Waals surface area contributed by atoms with Crippen molar-refractivity contribution in [3.05, 3.63) is 261 Å². The van der Waals surface area contributed by atoms with Crippen molar-refractivity contribution in [2.45, 2.75) is 53.8 Å². The van der Waals surface area contributed by atoms with Crippen LogP contribution in [0.1, 0.15) is 70.8 Å². The Morgan fingerprint density at radius 2 is 1.43 bits per heavy atom. The van der Waals surface area contributed by atoms with Crippen LogP contribution in [0.5, 0.6) is 0 Å². The molecule has 0 saturated heterocycles. The number of amides is 1. The fraction of sp³-hybridized carbons (Fsp3) is 0.133. The smallest absolute Gasteiger partial charge is 0.251 e. The Labute approximate surface area is 420 Å². The van der Waals surface area contributed by atoms with Crippen molar-refractivity contribution in [3.8, 4) is 0 Å². The first-order chi connectivity index (χ1) is 33.8. The molecule has 69 heavy (non-hydrogen) atoms. The Balaban J connectivity index is 0.000000170. The van der Waals surface area contributed by atoms with Gasteiger partial charge in [-0.1, -0.05) is 200 Å². The monoisotopic (exact) mass is 962 g/mol. The highest BCUT2D eigenvalue weighted by atomic mass is 35.5. The molecule has 0 radical (unpaired) electrons. The van der Waals surface area contributed by atoms with E-state index < -0.39 is 0 Å². The Hall–Kier alpha value is -6.81. The predicted molar refractivity (Wildman–Crippen MR) is 292 cm³/mol. The van der Waals surface area contributed by atoms with Gasteiger partial charge in [-0.05, 0) is 98.0 Å². The van der Waals surface area contributed by atoms with E-state index in [1.165, 1.54) is 10.5 Å². The number of carbonyl (C=O) groups excluding carboxylic acids is 2. The van der Waals surface area contributed by atoms with E-state index in [0.29, 0.717) is 29.5 Å². The van der Waals surface area contributed by atoms with Gasteiger partial charge in [0.25, 0.3) is 5.91 Å². The van der Waals surface area contributed by atoms with Gasteiger partial charge in [-0.3, -0.25) is 9.59 Å². The second-order valence-corrected chi connectivity index (χ2v) is 18.8. The highest BCUT2D eigenvalue weighted by Crippen LogP contribution is 2.42. The van der Waals surface area contributed by atoms with E-state index in [0.717, 1.165) is 84.6 Å². The van der Waals surface area contributed by atoms with Crippen molar-refractivity contribution < 1.29 is 9.59 Å². The van der Waals surface area contributed by atoms with E-state index in [1.807, 2.05) is 141 Å². The highest BCUT2D eigenvalue weighted by Gasteiger charge is 2.21. The van der Waals surface area contributed by atoms with Gasteiger partial charge in [-0.15, -0.1) is 0 Å². The van der Waals surface area contributed by atoms with Crippen LogP contribution in [0, 0.1) is 0 Å². The lowest BCUT2D eigenvalue weighted by Gasteiger charge is -2.09. The summed E-state index contributed by atoms with van der Waals surface area (Å²) in [5, 5.41) is 6.79. The summed E-state index contributed by atoms with van der Waals surface area (Å²) in [7, 11) is 1.99. The molecule has 0 spiro atoms. The molecular weight excluding hydrogens is 908 g/mol. The van der Waals surface area contributed by atoms with E-state index in [9.17, 15) is 9.59 Å². The predicted octanol–water partition coefficient (Wildman–Crippen LogP) is 14.9. The molecule has 346 valence electrons. The average molecular weight is 964 g/mol. The number of likely N-dealkylation sites (N-methyl/N-ethyl adjacent to an activating group) is 1. The fourth-order valence-electron chi connectivity index (χ4n) is 7.54. The third-order valence-corrected chi connectivity index (χ3v) is 13.7. The molecule has 9 rings (SSSR count). The number of hydrogen-bond donors (Lipinski definition) is 2. The molecule has 0 fully saturated rings. The van der Waals surface area contributed by atoms with Crippen molar-refractivity contribution >= 4 is 64.4 Å². The normalized spacial score (nSPS) is 16.6. The first-order valence-electron chi connectivity index (χ1n) is 23.0. The Morgan fingerprint density at radius 3 is 2.17 bits per heavy atom. The quantitative estimate of drug-likeness (QED) is 0.0997. The Kier molecular flexibility index (Phi) is 18.9. The molecular formula is C60H55ClN4O2S2. The number of rotatable bonds is 11.